The Bertz CT molecular complexity index is 1880. The predicted molar refractivity (Wildman–Crippen MR) is 369 cm³/mol. The van der Waals surface area contributed by atoms with Crippen LogP contribution >= 0.6 is 0 Å². The molecule has 9 N–H and O–H groups in total. The number of carbonyl (C=O) groups is 1. The Morgan fingerprint density at radius 3 is 1.22 bits per heavy atom. The molecule has 2 saturated heterocycles. The number of unbranched alkanes of at least 4 members (excludes halogenated alkanes) is 32. The molecule has 12 unspecified atom stereocenters. The summed E-state index contributed by atoms with van der Waals surface area (Å²) in [6, 6.07) is -0.935. The van der Waals surface area contributed by atoms with Gasteiger partial charge in [0.1, 0.15) is 48.8 Å². The molecule has 12 atom stereocenters. The van der Waals surface area contributed by atoms with Crippen LogP contribution in [0.3, 0.4) is 0 Å². The molecule has 0 aromatic rings. The number of aliphatic hydroxyl groups excluding tert-OH is 8. The summed E-state index contributed by atoms with van der Waals surface area (Å²) in [5.74, 6) is -0.248. The van der Waals surface area contributed by atoms with Crippen LogP contribution in [0.25, 0.3) is 0 Å². The average molecular weight is 1270 g/mol. The maximum absolute atomic E-state index is 13.3. The molecular weight excluding hydrogens is 1130 g/mol. The first-order valence-corrected chi connectivity index (χ1v) is 36.5. The third-order valence-corrected chi connectivity index (χ3v) is 17.3. The van der Waals surface area contributed by atoms with Crippen molar-refractivity contribution in [3.8, 4) is 0 Å². The highest BCUT2D eigenvalue weighted by Gasteiger charge is 2.51. The quantitative estimate of drug-likeness (QED) is 0.0204. The highest BCUT2D eigenvalue weighted by Crippen LogP contribution is 2.30. The summed E-state index contributed by atoms with van der Waals surface area (Å²) >= 11 is 0. The van der Waals surface area contributed by atoms with Gasteiger partial charge in [-0.25, -0.2) is 0 Å². The molecule has 0 spiro atoms. The lowest BCUT2D eigenvalue weighted by molar-refractivity contribution is -0.359. The number of amides is 1. The van der Waals surface area contributed by atoms with E-state index in [0.29, 0.717) is 12.8 Å². The molecule has 2 aliphatic heterocycles. The van der Waals surface area contributed by atoms with Crippen molar-refractivity contribution in [2.45, 2.75) is 357 Å². The monoisotopic (exact) mass is 1270 g/mol. The van der Waals surface area contributed by atoms with Crippen LogP contribution in [-0.4, -0.2) is 140 Å². The van der Waals surface area contributed by atoms with Crippen molar-refractivity contribution >= 4 is 5.91 Å². The van der Waals surface area contributed by atoms with Crippen LogP contribution in [0.4, 0.5) is 0 Å². The zero-order chi connectivity index (χ0) is 65.2. The van der Waals surface area contributed by atoms with E-state index in [-0.39, 0.29) is 18.9 Å². The fourth-order valence-electron chi connectivity index (χ4n) is 11.5. The van der Waals surface area contributed by atoms with Gasteiger partial charge in [0.25, 0.3) is 0 Å². The zero-order valence-electron chi connectivity index (χ0n) is 56.6. The van der Waals surface area contributed by atoms with Crippen molar-refractivity contribution in [3.05, 3.63) is 97.2 Å². The van der Waals surface area contributed by atoms with E-state index in [0.717, 1.165) is 70.6 Å². The Labute approximate surface area is 547 Å². The SMILES string of the molecule is CC/C=C\C/C=C\C/C=C\C/C=C\C/C=C\C/C=C\CCCCCCCCCCCCCCCCCCCCCCC(=O)NC(COC1OC(CO)C(OC2OC(CO)C(O)C(O)C2O)C(O)C1O)C(O)/C=C/CC/C=C/CCCCCCCCCCCCC. The van der Waals surface area contributed by atoms with Gasteiger partial charge in [-0.2, -0.15) is 0 Å². The fourth-order valence-corrected chi connectivity index (χ4v) is 11.5. The maximum atomic E-state index is 13.3. The topological polar surface area (TPSA) is 228 Å². The molecule has 2 fully saturated rings. The molecule has 14 heteroatoms. The van der Waals surface area contributed by atoms with Crippen LogP contribution < -0.4 is 5.32 Å². The Morgan fingerprint density at radius 2 is 0.778 bits per heavy atom. The average Bonchev–Trinajstić information content (AvgIpc) is 1.04. The number of hydrogen-bond donors (Lipinski definition) is 9. The minimum absolute atomic E-state index is 0.248. The molecule has 0 aromatic heterocycles. The van der Waals surface area contributed by atoms with E-state index < -0.39 is 86.8 Å². The number of allylic oxidation sites excluding steroid dienone is 15. The van der Waals surface area contributed by atoms with Gasteiger partial charge in [-0.05, 0) is 83.5 Å². The van der Waals surface area contributed by atoms with Crippen molar-refractivity contribution in [2.24, 2.45) is 0 Å². The first-order valence-electron chi connectivity index (χ1n) is 36.5. The second kappa shape index (κ2) is 59.6. The Kier molecular flexibility index (Phi) is 55.0. The fraction of sp³-hybridized carbons (Fsp3) is 0.776. The number of rotatable bonds is 59. The van der Waals surface area contributed by atoms with Gasteiger partial charge < -0.3 is 65.1 Å². The third-order valence-electron chi connectivity index (χ3n) is 17.3. The van der Waals surface area contributed by atoms with E-state index >= 15 is 0 Å². The van der Waals surface area contributed by atoms with Gasteiger partial charge in [0, 0.05) is 6.42 Å². The lowest BCUT2D eigenvalue weighted by Crippen LogP contribution is -2.65. The van der Waals surface area contributed by atoms with Gasteiger partial charge in [0.15, 0.2) is 12.6 Å². The lowest BCUT2D eigenvalue weighted by Gasteiger charge is -2.46. The molecule has 2 heterocycles. The Morgan fingerprint density at radius 1 is 0.411 bits per heavy atom. The van der Waals surface area contributed by atoms with Crippen molar-refractivity contribution in [2.75, 3.05) is 19.8 Å². The molecular formula is C76H133NO13. The third kappa shape index (κ3) is 43.0. The van der Waals surface area contributed by atoms with E-state index in [1.54, 1.807) is 6.08 Å². The number of carbonyl (C=O) groups excluding carboxylic acids is 1. The normalized spacial score (nSPS) is 23.5. The highest BCUT2D eigenvalue weighted by molar-refractivity contribution is 5.76. The first-order chi connectivity index (χ1) is 44.1. The Hall–Kier alpha value is -3.09. The zero-order valence-corrected chi connectivity index (χ0v) is 56.6. The maximum Gasteiger partial charge on any atom is 0.220 e. The largest absolute Gasteiger partial charge is 0.394 e. The van der Waals surface area contributed by atoms with Gasteiger partial charge in [-0.15, -0.1) is 0 Å². The molecule has 0 saturated carbocycles. The molecule has 2 rings (SSSR count). The van der Waals surface area contributed by atoms with Crippen molar-refractivity contribution in [3.63, 3.8) is 0 Å². The summed E-state index contributed by atoms with van der Waals surface area (Å²) in [5, 5.41) is 87.4. The molecule has 2 aliphatic rings. The smallest absolute Gasteiger partial charge is 0.220 e. The van der Waals surface area contributed by atoms with Crippen LogP contribution in [0.15, 0.2) is 97.2 Å². The van der Waals surface area contributed by atoms with Crippen molar-refractivity contribution in [1.82, 2.24) is 5.32 Å². The second-order valence-electron chi connectivity index (χ2n) is 25.3. The Balaban J connectivity index is 1.59. The standard InChI is InChI=1S/C76H133NO13/c1-3-5-7-9-11-13-15-17-19-21-22-23-24-25-26-27-28-29-30-31-32-33-34-35-36-37-38-39-40-41-42-44-46-48-50-52-54-56-58-60-68(81)77-64(65(80)59-57-55-53-51-49-47-45-43-20-18-16-14-12-10-8-6-4-2)63-87-75-73(86)71(84)74(67(62-79)89-75)90-76-72(85)70(83)69(82)66(61-78)88-76/h5,7,11,13,17,19,22-23,25-26,28-29,49,51,57,59,64-67,69-76,78-80,82-86H,3-4,6,8-10,12,14-16,18,20-21,24,27,30-48,50,52-56,58,60-63H2,1-2H3,(H,77,81)/b7-5-,13-11-,19-17-,23-22-,26-25-,29-28-,51-49+,59-57+. The van der Waals surface area contributed by atoms with Gasteiger partial charge in [0.2, 0.25) is 5.91 Å². The summed E-state index contributed by atoms with van der Waals surface area (Å²) in [4.78, 5) is 13.3. The summed E-state index contributed by atoms with van der Waals surface area (Å²) in [5.41, 5.74) is 0. The van der Waals surface area contributed by atoms with Crippen molar-refractivity contribution in [1.29, 1.82) is 0 Å². The van der Waals surface area contributed by atoms with E-state index in [2.05, 4.69) is 104 Å². The van der Waals surface area contributed by atoms with Gasteiger partial charge in [-0.3, -0.25) is 4.79 Å². The first kappa shape index (κ1) is 83.0. The van der Waals surface area contributed by atoms with Gasteiger partial charge in [-0.1, -0.05) is 291 Å². The van der Waals surface area contributed by atoms with Crippen LogP contribution in [0.5, 0.6) is 0 Å². The summed E-state index contributed by atoms with van der Waals surface area (Å²) in [7, 11) is 0. The van der Waals surface area contributed by atoms with Crippen LogP contribution in [0, 0.1) is 0 Å². The van der Waals surface area contributed by atoms with Crippen molar-refractivity contribution < 1.29 is 64.6 Å². The van der Waals surface area contributed by atoms with Crippen LogP contribution in [-0.2, 0) is 23.7 Å². The predicted octanol–water partition coefficient (Wildman–Crippen LogP) is 15.3. The second-order valence-corrected chi connectivity index (χ2v) is 25.3. The molecule has 0 bridgehead atoms. The molecule has 1 amide bonds. The van der Waals surface area contributed by atoms with E-state index in [4.69, 9.17) is 18.9 Å². The minimum atomic E-state index is -1.79. The summed E-state index contributed by atoms with van der Waals surface area (Å²) in [6.07, 6.45) is 67.7. The highest BCUT2D eigenvalue weighted by atomic mass is 16.7. The van der Waals surface area contributed by atoms with Gasteiger partial charge in [0.05, 0.1) is 32.0 Å². The van der Waals surface area contributed by atoms with E-state index in [9.17, 15) is 45.6 Å². The molecule has 0 radical (unpaired) electrons. The molecule has 0 aromatic carbocycles. The summed E-state index contributed by atoms with van der Waals surface area (Å²) < 4.78 is 22.8. The lowest BCUT2D eigenvalue weighted by atomic mass is 9.97. The van der Waals surface area contributed by atoms with E-state index in [1.165, 1.54) is 180 Å². The number of nitrogens with one attached hydrogen (secondary N) is 1. The minimum Gasteiger partial charge on any atom is -0.394 e. The molecule has 0 aliphatic carbocycles. The molecule has 90 heavy (non-hydrogen) atoms. The van der Waals surface area contributed by atoms with Crippen LogP contribution in [0.1, 0.15) is 284 Å². The van der Waals surface area contributed by atoms with Crippen LogP contribution in [0.2, 0.25) is 0 Å². The number of aliphatic hydroxyl groups is 8. The van der Waals surface area contributed by atoms with E-state index in [1.807, 2.05) is 6.08 Å². The molecule has 14 nitrogen and oxygen atoms in total. The number of hydrogen-bond acceptors (Lipinski definition) is 13. The number of ether oxygens (including phenoxy) is 4. The molecule has 520 valence electrons. The van der Waals surface area contributed by atoms with Gasteiger partial charge >= 0.3 is 0 Å². The summed E-state index contributed by atoms with van der Waals surface area (Å²) in [6.45, 7) is 2.68.